The Balaban J connectivity index is 1.67. The summed E-state index contributed by atoms with van der Waals surface area (Å²) in [6.45, 7) is 3.95. The molecule has 5 aromatic rings. The maximum atomic E-state index is 11.6. The van der Waals surface area contributed by atoms with Gasteiger partial charge in [0.2, 0.25) is 0 Å². The average molecular weight is 574 g/mol. The molecule has 0 atom stereocenters. The number of hydrogen-bond donors (Lipinski definition) is 2. The Morgan fingerprint density at radius 1 is 0.730 bits per heavy atom. The fraction of sp³-hybridized carbons (Fsp3) is 0.0833. The molecule has 0 unspecified atom stereocenters. The molecule has 0 aliphatic heterocycles. The van der Waals surface area contributed by atoms with Crippen LogP contribution < -0.4 is 4.90 Å². The molecule has 9 nitrogen and oxygen atoms in total. The molecule has 190 valence electrons. The molecular weight excluding hydrogens is 555 g/mol. The highest BCUT2D eigenvalue weighted by Crippen LogP contribution is 2.43. The molecule has 0 saturated heterocycles. The minimum Gasteiger partial charge on any atom is -0.282 e. The van der Waals surface area contributed by atoms with Gasteiger partial charge in [-0.25, -0.2) is 9.97 Å². The molecular formula is C24H19N3O6S4. The molecule has 0 bridgehead atoms. The van der Waals surface area contributed by atoms with E-state index in [0.717, 1.165) is 21.7 Å². The van der Waals surface area contributed by atoms with Gasteiger partial charge in [-0.05, 0) is 56.3 Å². The number of thiazole rings is 2. The van der Waals surface area contributed by atoms with E-state index in [-0.39, 0.29) is 9.79 Å². The quantitative estimate of drug-likeness (QED) is 0.234. The molecule has 37 heavy (non-hydrogen) atoms. The molecule has 13 heteroatoms. The summed E-state index contributed by atoms with van der Waals surface area (Å²) in [6.07, 6.45) is 0. The Labute approximate surface area is 221 Å². The van der Waals surface area contributed by atoms with E-state index in [1.54, 1.807) is 4.90 Å². The van der Waals surface area contributed by atoms with E-state index in [4.69, 9.17) is 4.98 Å². The van der Waals surface area contributed by atoms with Gasteiger partial charge in [0.25, 0.3) is 20.2 Å². The summed E-state index contributed by atoms with van der Waals surface area (Å²) in [4.78, 5) is 11.7. The number of rotatable bonds is 6. The first-order chi connectivity index (χ1) is 17.4. The van der Waals surface area contributed by atoms with Crippen molar-refractivity contribution in [2.45, 2.75) is 23.6 Å². The number of benzene rings is 3. The van der Waals surface area contributed by atoms with Crippen LogP contribution in [0.25, 0.3) is 21.5 Å². The lowest BCUT2D eigenvalue weighted by atomic mass is 10.1. The van der Waals surface area contributed by atoms with Crippen molar-refractivity contribution in [3.05, 3.63) is 77.2 Å². The molecule has 0 spiro atoms. The highest BCUT2D eigenvalue weighted by Gasteiger charge is 2.23. The molecule has 3 aromatic carbocycles. The van der Waals surface area contributed by atoms with Crippen LogP contribution in [-0.4, -0.2) is 35.9 Å². The fourth-order valence-electron chi connectivity index (χ4n) is 3.68. The van der Waals surface area contributed by atoms with Gasteiger partial charge in [0.1, 0.15) is 0 Å². The fourth-order valence-corrected chi connectivity index (χ4v) is 6.78. The second-order valence-corrected chi connectivity index (χ2v) is 13.2. The smallest absolute Gasteiger partial charge is 0.282 e. The summed E-state index contributed by atoms with van der Waals surface area (Å²) >= 11 is 2.60. The predicted octanol–water partition coefficient (Wildman–Crippen LogP) is 6.00. The molecule has 0 fully saturated rings. The zero-order valence-electron chi connectivity index (χ0n) is 19.4. The zero-order chi connectivity index (χ0) is 26.5. The molecule has 2 N–H and O–H groups in total. The van der Waals surface area contributed by atoms with E-state index in [1.165, 1.54) is 65.1 Å². The Morgan fingerprint density at radius 2 is 1.32 bits per heavy atom. The monoisotopic (exact) mass is 573 g/mol. The lowest BCUT2D eigenvalue weighted by molar-refractivity contribution is 0.481. The van der Waals surface area contributed by atoms with Crippen molar-refractivity contribution >= 4 is 69.1 Å². The highest BCUT2D eigenvalue weighted by molar-refractivity contribution is 7.86. The van der Waals surface area contributed by atoms with Crippen molar-refractivity contribution in [2.75, 3.05) is 4.90 Å². The summed E-state index contributed by atoms with van der Waals surface area (Å²) in [7, 11) is -8.77. The molecule has 0 amide bonds. The van der Waals surface area contributed by atoms with Gasteiger partial charge >= 0.3 is 0 Å². The van der Waals surface area contributed by atoms with Gasteiger partial charge < -0.3 is 0 Å². The lowest BCUT2D eigenvalue weighted by Gasteiger charge is -2.19. The van der Waals surface area contributed by atoms with Crippen molar-refractivity contribution in [1.29, 1.82) is 0 Å². The van der Waals surface area contributed by atoms with Crippen LogP contribution in [0.15, 0.2) is 76.5 Å². The third-order valence-electron chi connectivity index (χ3n) is 5.53. The number of fused-ring (bicyclic) bond motifs is 1. The van der Waals surface area contributed by atoms with Gasteiger partial charge in [0.15, 0.2) is 10.3 Å². The van der Waals surface area contributed by atoms with Crippen LogP contribution in [0.4, 0.5) is 16.0 Å². The lowest BCUT2D eigenvalue weighted by Crippen LogP contribution is -2.09. The number of aromatic nitrogens is 2. The molecule has 0 radical (unpaired) electrons. The van der Waals surface area contributed by atoms with Crippen molar-refractivity contribution in [3.8, 4) is 11.3 Å². The van der Waals surface area contributed by atoms with E-state index < -0.39 is 20.2 Å². The second kappa shape index (κ2) is 9.28. The Hall–Kier alpha value is -3.20. The number of anilines is 3. The minimum absolute atomic E-state index is 0.244. The van der Waals surface area contributed by atoms with Crippen molar-refractivity contribution in [3.63, 3.8) is 0 Å². The summed E-state index contributed by atoms with van der Waals surface area (Å²) in [5.41, 5.74) is 3.89. The van der Waals surface area contributed by atoms with E-state index in [1.807, 2.05) is 38.1 Å². The van der Waals surface area contributed by atoms with Crippen LogP contribution >= 0.6 is 22.7 Å². The first-order valence-electron chi connectivity index (χ1n) is 10.7. The number of aryl methyl sites for hydroxylation is 2. The largest absolute Gasteiger partial charge is 0.294 e. The number of hydrogen-bond acceptors (Lipinski definition) is 9. The summed E-state index contributed by atoms with van der Waals surface area (Å²) in [5, 5.41) is 1.01. The third-order valence-corrected chi connectivity index (χ3v) is 9.21. The summed E-state index contributed by atoms with van der Waals surface area (Å²) in [6, 6.07) is 17.7. The Kier molecular flexibility index (Phi) is 6.38. The van der Waals surface area contributed by atoms with Gasteiger partial charge in [-0.15, -0.1) is 11.3 Å². The van der Waals surface area contributed by atoms with E-state index in [0.29, 0.717) is 26.2 Å². The van der Waals surface area contributed by atoms with Crippen LogP contribution in [-0.2, 0) is 20.2 Å². The molecule has 0 aliphatic carbocycles. The maximum Gasteiger partial charge on any atom is 0.294 e. The van der Waals surface area contributed by atoms with Crippen LogP contribution in [0.2, 0.25) is 0 Å². The molecule has 5 rings (SSSR count). The van der Waals surface area contributed by atoms with Crippen LogP contribution in [0.5, 0.6) is 0 Å². The standard InChI is InChI=1S/C24H19N3O6S4/c1-14-3-5-16(6-4-14)22-15(2)34-24(26-22)27(17-7-9-18(10-8-17)36(28,29)30)23-25-20-12-11-19(37(31,32)33)13-21(20)35-23/h3-13H,1-2H3,(H,28,29,30)(H,31,32,33). The topological polar surface area (TPSA) is 138 Å². The molecule has 0 saturated carbocycles. The Bertz CT molecular complexity index is 1840. The zero-order valence-corrected chi connectivity index (χ0v) is 22.6. The first kappa shape index (κ1) is 25.4. The highest BCUT2D eigenvalue weighted by atomic mass is 32.2. The van der Waals surface area contributed by atoms with Crippen molar-refractivity contribution in [2.24, 2.45) is 0 Å². The van der Waals surface area contributed by atoms with Crippen LogP contribution in [0, 0.1) is 13.8 Å². The average Bonchev–Trinajstić information content (AvgIpc) is 3.42. The molecule has 2 aromatic heterocycles. The van der Waals surface area contributed by atoms with Gasteiger partial charge in [0.05, 0.1) is 31.4 Å². The molecule has 0 aliphatic rings. The number of nitrogens with zero attached hydrogens (tertiary/aromatic N) is 3. The van der Waals surface area contributed by atoms with Crippen molar-refractivity contribution in [1.82, 2.24) is 9.97 Å². The van der Waals surface area contributed by atoms with Gasteiger partial charge in [-0.2, -0.15) is 16.8 Å². The SMILES string of the molecule is Cc1ccc(-c2nc(N(c3ccc(S(=O)(=O)O)cc3)c3nc4ccc(S(=O)(=O)O)cc4s3)sc2C)cc1. The van der Waals surface area contributed by atoms with Gasteiger partial charge in [-0.3, -0.25) is 14.0 Å². The van der Waals surface area contributed by atoms with E-state index >= 15 is 0 Å². The predicted molar refractivity (Wildman–Crippen MR) is 145 cm³/mol. The van der Waals surface area contributed by atoms with Gasteiger partial charge in [-0.1, -0.05) is 41.2 Å². The van der Waals surface area contributed by atoms with Crippen LogP contribution in [0.3, 0.4) is 0 Å². The first-order valence-corrected chi connectivity index (χ1v) is 15.2. The van der Waals surface area contributed by atoms with E-state index in [9.17, 15) is 25.9 Å². The second-order valence-electron chi connectivity index (χ2n) is 8.17. The third kappa shape index (κ3) is 5.14. The summed E-state index contributed by atoms with van der Waals surface area (Å²) in [5.74, 6) is 0. The van der Waals surface area contributed by atoms with Gasteiger partial charge in [0, 0.05) is 10.4 Å². The molecule has 2 heterocycles. The maximum absolute atomic E-state index is 11.6. The Morgan fingerprint density at radius 3 is 1.95 bits per heavy atom. The van der Waals surface area contributed by atoms with Crippen LogP contribution in [0.1, 0.15) is 10.4 Å². The van der Waals surface area contributed by atoms with E-state index in [2.05, 4.69) is 4.98 Å². The minimum atomic E-state index is -4.39. The van der Waals surface area contributed by atoms with Crippen molar-refractivity contribution < 1.29 is 25.9 Å². The normalized spacial score (nSPS) is 12.2. The summed E-state index contributed by atoms with van der Waals surface area (Å²) < 4.78 is 65.7.